The Morgan fingerprint density at radius 3 is 2.54 bits per heavy atom. The van der Waals surface area contributed by atoms with Crippen LogP contribution >= 0.6 is 11.3 Å². The number of halogens is 3. The van der Waals surface area contributed by atoms with Crippen molar-refractivity contribution in [1.29, 1.82) is 0 Å². The van der Waals surface area contributed by atoms with E-state index in [0.29, 0.717) is 11.3 Å². The molecule has 0 saturated carbocycles. The van der Waals surface area contributed by atoms with E-state index in [2.05, 4.69) is 15.6 Å². The summed E-state index contributed by atoms with van der Waals surface area (Å²) in [6, 6.07) is 2.00. The van der Waals surface area contributed by atoms with Gasteiger partial charge < -0.3 is 15.1 Å². The van der Waals surface area contributed by atoms with Crippen LogP contribution < -0.4 is 10.6 Å². The summed E-state index contributed by atoms with van der Waals surface area (Å²) in [4.78, 5) is 27.5. The molecule has 0 fully saturated rings. The third-order valence-electron chi connectivity index (χ3n) is 3.01. The molecule has 130 valence electrons. The summed E-state index contributed by atoms with van der Waals surface area (Å²) in [6.45, 7) is 3.38. The van der Waals surface area contributed by atoms with Crippen LogP contribution in [0.2, 0.25) is 0 Å². The quantitative estimate of drug-likeness (QED) is 0.857. The van der Waals surface area contributed by atoms with Crippen LogP contribution in [0.5, 0.6) is 0 Å². The minimum atomic E-state index is -4.58. The van der Waals surface area contributed by atoms with Gasteiger partial charge in [0.2, 0.25) is 5.91 Å². The highest BCUT2D eigenvalue weighted by Gasteiger charge is 2.34. The molecular weight excluding hydrogens is 347 g/mol. The molecule has 0 aliphatic heterocycles. The Hall–Kier alpha value is -2.36. The number of carbonyl (C=O) groups is 2. The SMILES string of the molecule is CC(C)C(NC(=O)c1ccco1)C(=O)Nc1nc(C(F)(F)F)cs1. The maximum atomic E-state index is 12.5. The Bertz CT molecular complexity index is 710. The second kappa shape index (κ2) is 7.04. The monoisotopic (exact) mass is 361 g/mol. The van der Waals surface area contributed by atoms with Crippen LogP contribution in [0.15, 0.2) is 28.2 Å². The van der Waals surface area contributed by atoms with Crippen LogP contribution in [-0.4, -0.2) is 22.8 Å². The summed E-state index contributed by atoms with van der Waals surface area (Å²) in [5, 5.41) is 5.39. The Morgan fingerprint density at radius 2 is 2.04 bits per heavy atom. The first-order valence-electron chi connectivity index (χ1n) is 6.86. The van der Waals surface area contributed by atoms with E-state index in [1.165, 1.54) is 18.4 Å². The standard InChI is InChI=1S/C14H14F3N3O3S/c1-7(2)10(19-11(21)8-4-3-5-23-8)12(22)20-13-18-9(6-24-13)14(15,16)17/h3-7,10H,1-2H3,(H,19,21)(H,18,20,22). The fourth-order valence-electron chi connectivity index (χ4n) is 1.80. The van der Waals surface area contributed by atoms with E-state index < -0.39 is 29.7 Å². The number of nitrogens with zero attached hydrogens (tertiary/aromatic N) is 1. The predicted molar refractivity (Wildman–Crippen MR) is 80.5 cm³/mol. The van der Waals surface area contributed by atoms with Gasteiger partial charge in [0.25, 0.3) is 5.91 Å². The number of alkyl halides is 3. The zero-order chi connectivity index (χ0) is 17.9. The van der Waals surface area contributed by atoms with E-state index in [1.807, 2.05) is 0 Å². The lowest BCUT2D eigenvalue weighted by Gasteiger charge is -2.20. The third kappa shape index (κ3) is 4.34. The van der Waals surface area contributed by atoms with Crippen molar-refractivity contribution < 1.29 is 27.2 Å². The van der Waals surface area contributed by atoms with Crippen molar-refractivity contribution in [3.05, 3.63) is 35.2 Å². The molecule has 2 N–H and O–H groups in total. The first-order valence-corrected chi connectivity index (χ1v) is 7.74. The number of hydrogen-bond donors (Lipinski definition) is 2. The van der Waals surface area contributed by atoms with Gasteiger partial charge in [-0.05, 0) is 18.1 Å². The summed E-state index contributed by atoms with van der Waals surface area (Å²) in [7, 11) is 0. The molecular formula is C14H14F3N3O3S. The molecule has 2 rings (SSSR count). The van der Waals surface area contributed by atoms with Crippen molar-refractivity contribution >= 4 is 28.3 Å². The highest BCUT2D eigenvalue weighted by Crippen LogP contribution is 2.31. The van der Waals surface area contributed by atoms with Crippen molar-refractivity contribution in [2.75, 3.05) is 5.32 Å². The summed E-state index contributed by atoms with van der Waals surface area (Å²) in [5.41, 5.74) is -1.08. The van der Waals surface area contributed by atoms with Gasteiger partial charge >= 0.3 is 6.18 Å². The van der Waals surface area contributed by atoms with Crippen molar-refractivity contribution in [3.63, 3.8) is 0 Å². The maximum absolute atomic E-state index is 12.5. The Balaban J connectivity index is 2.06. The average Bonchev–Trinajstić information content (AvgIpc) is 3.14. The molecule has 2 heterocycles. The number of carbonyl (C=O) groups excluding carboxylic acids is 2. The molecule has 1 unspecified atom stereocenters. The molecule has 0 aliphatic rings. The van der Waals surface area contributed by atoms with Gasteiger partial charge in [0.15, 0.2) is 16.6 Å². The van der Waals surface area contributed by atoms with E-state index >= 15 is 0 Å². The van der Waals surface area contributed by atoms with Crippen LogP contribution in [0, 0.1) is 5.92 Å². The van der Waals surface area contributed by atoms with Gasteiger partial charge in [-0.2, -0.15) is 13.2 Å². The van der Waals surface area contributed by atoms with E-state index in [1.54, 1.807) is 13.8 Å². The smallest absolute Gasteiger partial charge is 0.434 e. The van der Waals surface area contributed by atoms with Crippen molar-refractivity contribution in [2.45, 2.75) is 26.1 Å². The number of hydrogen-bond acceptors (Lipinski definition) is 5. The summed E-state index contributed by atoms with van der Waals surface area (Å²) < 4.78 is 42.5. The minimum absolute atomic E-state index is 0.0297. The number of thiazole rings is 1. The fourth-order valence-corrected chi connectivity index (χ4v) is 2.52. The van der Waals surface area contributed by atoms with E-state index in [0.717, 1.165) is 5.38 Å². The molecule has 24 heavy (non-hydrogen) atoms. The first-order chi connectivity index (χ1) is 11.2. The maximum Gasteiger partial charge on any atom is 0.434 e. The van der Waals surface area contributed by atoms with Gasteiger partial charge in [0, 0.05) is 5.38 Å². The lowest BCUT2D eigenvalue weighted by Crippen LogP contribution is -2.47. The van der Waals surface area contributed by atoms with Gasteiger partial charge in [-0.3, -0.25) is 9.59 Å². The summed E-state index contributed by atoms with van der Waals surface area (Å²) >= 11 is 0.656. The van der Waals surface area contributed by atoms with Crippen LogP contribution in [0.25, 0.3) is 0 Å². The number of rotatable bonds is 5. The second-order valence-electron chi connectivity index (χ2n) is 5.20. The lowest BCUT2D eigenvalue weighted by molar-refractivity contribution is -0.140. The van der Waals surface area contributed by atoms with Gasteiger partial charge in [-0.25, -0.2) is 4.98 Å². The highest BCUT2D eigenvalue weighted by atomic mass is 32.1. The third-order valence-corrected chi connectivity index (χ3v) is 3.76. The predicted octanol–water partition coefficient (Wildman–Crippen LogP) is 3.15. The van der Waals surface area contributed by atoms with Crippen LogP contribution in [0.1, 0.15) is 30.1 Å². The Kier molecular flexibility index (Phi) is 5.27. The number of anilines is 1. The van der Waals surface area contributed by atoms with Gasteiger partial charge in [-0.15, -0.1) is 11.3 Å². The van der Waals surface area contributed by atoms with E-state index in [9.17, 15) is 22.8 Å². The van der Waals surface area contributed by atoms with Gasteiger partial charge in [0.1, 0.15) is 6.04 Å². The minimum Gasteiger partial charge on any atom is -0.459 e. The normalized spacial score (nSPS) is 12.9. The number of aromatic nitrogens is 1. The van der Waals surface area contributed by atoms with Crippen molar-refractivity contribution in [1.82, 2.24) is 10.3 Å². The summed E-state index contributed by atoms with van der Waals surface area (Å²) in [6.07, 6.45) is -3.27. The number of amides is 2. The molecule has 0 radical (unpaired) electrons. The van der Waals surface area contributed by atoms with Crippen molar-refractivity contribution in [2.24, 2.45) is 5.92 Å². The molecule has 10 heteroatoms. The lowest BCUT2D eigenvalue weighted by atomic mass is 10.0. The molecule has 2 aromatic heterocycles. The number of furan rings is 1. The van der Waals surface area contributed by atoms with Gasteiger partial charge in [0.05, 0.1) is 6.26 Å². The topological polar surface area (TPSA) is 84.2 Å². The molecule has 0 spiro atoms. The Morgan fingerprint density at radius 1 is 1.33 bits per heavy atom. The molecule has 0 aromatic carbocycles. The van der Waals surface area contributed by atoms with E-state index in [4.69, 9.17) is 4.42 Å². The van der Waals surface area contributed by atoms with Crippen LogP contribution in [0.4, 0.5) is 18.3 Å². The highest BCUT2D eigenvalue weighted by molar-refractivity contribution is 7.13. The fraction of sp³-hybridized carbons (Fsp3) is 0.357. The molecule has 6 nitrogen and oxygen atoms in total. The molecule has 1 atom stereocenters. The zero-order valence-corrected chi connectivity index (χ0v) is 13.5. The second-order valence-corrected chi connectivity index (χ2v) is 6.06. The van der Waals surface area contributed by atoms with Crippen LogP contribution in [-0.2, 0) is 11.0 Å². The Labute approximate surface area is 139 Å². The molecule has 0 saturated heterocycles. The zero-order valence-electron chi connectivity index (χ0n) is 12.7. The molecule has 0 aliphatic carbocycles. The first kappa shape index (κ1) is 18.0. The average molecular weight is 361 g/mol. The van der Waals surface area contributed by atoms with Gasteiger partial charge in [-0.1, -0.05) is 13.8 Å². The largest absolute Gasteiger partial charge is 0.459 e. The van der Waals surface area contributed by atoms with E-state index in [-0.39, 0.29) is 16.8 Å². The van der Waals surface area contributed by atoms with Crippen molar-refractivity contribution in [3.8, 4) is 0 Å². The summed E-state index contributed by atoms with van der Waals surface area (Å²) in [5.74, 6) is -1.52. The molecule has 2 amide bonds. The van der Waals surface area contributed by atoms with Crippen LogP contribution in [0.3, 0.4) is 0 Å². The molecule has 0 bridgehead atoms. The molecule has 2 aromatic rings. The number of nitrogens with one attached hydrogen (secondary N) is 2.